The van der Waals surface area contributed by atoms with Gasteiger partial charge in [-0.2, -0.15) is 10.4 Å². The number of nitrogens with zero attached hydrogens (tertiary/aromatic N) is 4. The molecule has 0 bridgehead atoms. The van der Waals surface area contributed by atoms with Crippen molar-refractivity contribution in [2.45, 2.75) is 37.5 Å². The highest BCUT2D eigenvalue weighted by molar-refractivity contribution is 7.82. The van der Waals surface area contributed by atoms with Gasteiger partial charge in [-0.15, -0.1) is 27.8 Å². The standard InChI is InChI=1S/C32H25FN6O2S3/c1-19-5-10-24(43-19)11-8-20-3-2-4-23(13-20)30-25(14-22-9-12-29(44(35)41)26(33)15-22)28(16-21-6-7-21)39(38-30)32-37-27(17-42-32)31(40)36-18-34/h2-5,9-10,12-13,15,17,21H,6-7,14,16H2,1H3,(H2,35,41)(H,36,40)/p+1. The summed E-state index contributed by atoms with van der Waals surface area (Å²) in [6.45, 7) is 2.05. The number of thiophene rings is 1. The maximum atomic E-state index is 14.9. The summed E-state index contributed by atoms with van der Waals surface area (Å²) in [7, 11) is -2.31. The van der Waals surface area contributed by atoms with Crippen LogP contribution in [0.1, 0.15) is 55.5 Å². The van der Waals surface area contributed by atoms with Crippen molar-refractivity contribution < 1.29 is 13.4 Å². The largest absolute Gasteiger partial charge is 0.283 e. The van der Waals surface area contributed by atoms with Gasteiger partial charge in [0.25, 0.3) is 5.91 Å². The Morgan fingerprint density at radius 2 is 2.05 bits per heavy atom. The second-order valence-corrected chi connectivity index (χ2v) is 13.7. The summed E-state index contributed by atoms with van der Waals surface area (Å²) in [4.78, 5) is 19.0. The summed E-state index contributed by atoms with van der Waals surface area (Å²) >= 11 is 2.89. The number of hydrogen-bond acceptors (Lipinski definition) is 7. The SMILES string of the molecule is Cc1ccc(C#Cc2cccc(-c3nn(-c4nc(C(=O)NC#N)cs4)c(CC4CC4)c3Cc3ccc([SH+](N)=O)c(F)c3)c2)s1. The molecule has 1 fully saturated rings. The smallest absolute Gasteiger partial charge is 0.266 e. The Kier molecular flexibility index (Phi) is 8.51. The van der Waals surface area contributed by atoms with Gasteiger partial charge in [-0.25, -0.2) is 14.1 Å². The van der Waals surface area contributed by atoms with E-state index in [1.54, 1.807) is 33.7 Å². The maximum Gasteiger partial charge on any atom is 0.283 e. The first-order valence-electron chi connectivity index (χ1n) is 13.7. The molecule has 1 atom stereocenters. The molecular formula is C32H26FN6O2S3+. The zero-order valence-corrected chi connectivity index (χ0v) is 26.0. The van der Waals surface area contributed by atoms with E-state index in [0.717, 1.165) is 46.5 Å². The number of amides is 1. The van der Waals surface area contributed by atoms with Crippen molar-refractivity contribution in [2.75, 3.05) is 0 Å². The average Bonchev–Trinajstić information content (AvgIpc) is 3.34. The second kappa shape index (κ2) is 12.6. The van der Waals surface area contributed by atoms with E-state index in [1.165, 1.54) is 28.3 Å². The number of aryl methyl sites for hydroxylation is 1. The number of benzene rings is 2. The second-order valence-electron chi connectivity index (χ2n) is 10.4. The van der Waals surface area contributed by atoms with Crippen LogP contribution in [-0.2, 0) is 28.0 Å². The van der Waals surface area contributed by atoms with Crippen LogP contribution in [-0.4, -0.2) is 20.7 Å². The molecule has 0 saturated heterocycles. The fourth-order valence-corrected chi connectivity index (χ4v) is 6.87. The summed E-state index contributed by atoms with van der Waals surface area (Å²) in [5.41, 5.74) is 4.98. The number of hydrogen-bond donors (Lipinski definition) is 2. The molecule has 12 heteroatoms. The van der Waals surface area contributed by atoms with Crippen LogP contribution in [0.3, 0.4) is 0 Å². The van der Waals surface area contributed by atoms with E-state index < -0.39 is 22.7 Å². The van der Waals surface area contributed by atoms with Crippen LogP contribution in [0, 0.1) is 42.0 Å². The van der Waals surface area contributed by atoms with Gasteiger partial charge in [0.05, 0.1) is 16.3 Å². The molecule has 220 valence electrons. The minimum absolute atomic E-state index is 0.0176. The Morgan fingerprint density at radius 3 is 2.75 bits per heavy atom. The fraction of sp³-hybridized carbons (Fsp3) is 0.188. The highest BCUT2D eigenvalue weighted by atomic mass is 32.2. The number of aromatic nitrogens is 3. The van der Waals surface area contributed by atoms with E-state index in [9.17, 15) is 13.4 Å². The van der Waals surface area contributed by atoms with Crippen LogP contribution in [0.15, 0.2) is 64.9 Å². The molecule has 0 aliphatic heterocycles. The number of nitrogens with two attached hydrogens (primary N) is 1. The molecule has 3 aromatic heterocycles. The number of carbonyl (C=O) groups excluding carboxylic acids is 1. The van der Waals surface area contributed by atoms with E-state index in [1.807, 2.05) is 43.3 Å². The first kappa shape index (κ1) is 29.6. The number of rotatable bonds is 8. The normalized spacial score (nSPS) is 13.1. The van der Waals surface area contributed by atoms with Crippen molar-refractivity contribution in [3.05, 3.63) is 104 Å². The fourth-order valence-electron chi connectivity index (χ4n) is 4.87. The Labute approximate surface area is 264 Å². The Morgan fingerprint density at radius 1 is 1.20 bits per heavy atom. The number of halogens is 1. The molecule has 3 N–H and O–H groups in total. The van der Waals surface area contributed by atoms with Crippen molar-refractivity contribution in [3.8, 4) is 34.4 Å². The minimum Gasteiger partial charge on any atom is -0.266 e. The molecule has 1 amide bonds. The number of thiol groups is 1. The van der Waals surface area contributed by atoms with Crippen LogP contribution in [0.2, 0.25) is 0 Å². The van der Waals surface area contributed by atoms with Gasteiger partial charge in [0, 0.05) is 33.4 Å². The predicted octanol–water partition coefficient (Wildman–Crippen LogP) is 5.59. The van der Waals surface area contributed by atoms with Gasteiger partial charge in [-0.3, -0.25) is 10.1 Å². The quantitative estimate of drug-likeness (QED) is 0.0752. The Bertz CT molecular complexity index is 2020. The Hall–Kier alpha value is -4.46. The first-order chi connectivity index (χ1) is 21.3. The summed E-state index contributed by atoms with van der Waals surface area (Å²) < 4.78 is 28.4. The van der Waals surface area contributed by atoms with Gasteiger partial charge in [0.1, 0.15) is 5.69 Å². The molecule has 1 unspecified atom stereocenters. The molecule has 0 radical (unpaired) electrons. The van der Waals surface area contributed by atoms with E-state index in [0.29, 0.717) is 28.7 Å². The van der Waals surface area contributed by atoms with Crippen molar-refractivity contribution in [3.63, 3.8) is 0 Å². The molecule has 0 spiro atoms. The molecule has 5 aromatic rings. The van der Waals surface area contributed by atoms with Gasteiger partial charge in [0.2, 0.25) is 10.0 Å². The van der Waals surface area contributed by atoms with Crippen molar-refractivity contribution in [1.82, 2.24) is 20.1 Å². The zero-order chi connectivity index (χ0) is 30.8. The lowest BCUT2D eigenvalue weighted by atomic mass is 9.96. The van der Waals surface area contributed by atoms with Crippen molar-refractivity contribution in [2.24, 2.45) is 11.1 Å². The van der Waals surface area contributed by atoms with Gasteiger partial charge >= 0.3 is 0 Å². The molecule has 1 aliphatic carbocycles. The van der Waals surface area contributed by atoms with Gasteiger partial charge in [-0.05, 0) is 74.1 Å². The van der Waals surface area contributed by atoms with Crippen LogP contribution in [0.25, 0.3) is 16.4 Å². The van der Waals surface area contributed by atoms with Gasteiger partial charge in [0.15, 0.2) is 23.0 Å². The number of nitriles is 1. The average molecular weight is 642 g/mol. The summed E-state index contributed by atoms with van der Waals surface area (Å²) in [6.07, 6.45) is 4.91. The highest BCUT2D eigenvalue weighted by Gasteiger charge is 2.29. The van der Waals surface area contributed by atoms with E-state index in [-0.39, 0.29) is 10.6 Å². The lowest BCUT2D eigenvalue weighted by Crippen LogP contribution is -2.17. The van der Waals surface area contributed by atoms with E-state index in [2.05, 4.69) is 22.1 Å². The molecule has 1 aliphatic rings. The third-order valence-electron chi connectivity index (χ3n) is 7.18. The number of thiazole rings is 1. The van der Waals surface area contributed by atoms with Gasteiger partial charge in [-0.1, -0.05) is 34.2 Å². The molecule has 8 nitrogen and oxygen atoms in total. The molecule has 44 heavy (non-hydrogen) atoms. The molecule has 2 aromatic carbocycles. The third kappa shape index (κ3) is 6.54. The molecular weight excluding hydrogens is 616 g/mol. The van der Waals surface area contributed by atoms with Crippen molar-refractivity contribution in [1.29, 1.82) is 5.26 Å². The predicted molar refractivity (Wildman–Crippen MR) is 170 cm³/mol. The van der Waals surface area contributed by atoms with Crippen LogP contribution in [0.4, 0.5) is 4.39 Å². The maximum absolute atomic E-state index is 14.9. The topological polar surface area (TPSA) is 127 Å². The summed E-state index contributed by atoms with van der Waals surface area (Å²) in [6, 6.07) is 16.5. The summed E-state index contributed by atoms with van der Waals surface area (Å²) in [5, 5.41) is 23.6. The first-order valence-corrected chi connectivity index (χ1v) is 16.8. The van der Waals surface area contributed by atoms with E-state index in [4.69, 9.17) is 15.5 Å². The lowest BCUT2D eigenvalue weighted by molar-refractivity contribution is 0.0968. The minimum atomic E-state index is -2.31. The summed E-state index contributed by atoms with van der Waals surface area (Å²) in [5.74, 6) is 5.76. The molecule has 6 rings (SSSR count). The number of nitrogens with one attached hydrogen (secondary N) is 1. The molecule has 3 heterocycles. The molecule has 1 saturated carbocycles. The van der Waals surface area contributed by atoms with E-state index >= 15 is 0 Å². The number of carbonyl (C=O) groups is 1. The Balaban J connectivity index is 1.48. The van der Waals surface area contributed by atoms with Crippen LogP contribution < -0.4 is 10.5 Å². The van der Waals surface area contributed by atoms with Gasteiger partial charge < -0.3 is 0 Å². The van der Waals surface area contributed by atoms with Crippen molar-refractivity contribution >= 4 is 39.6 Å². The lowest BCUT2D eigenvalue weighted by Gasteiger charge is -2.09. The monoisotopic (exact) mass is 641 g/mol. The highest BCUT2D eigenvalue weighted by Crippen LogP contribution is 2.38. The van der Waals surface area contributed by atoms with Crippen LogP contribution >= 0.6 is 22.7 Å². The zero-order valence-electron chi connectivity index (χ0n) is 23.5. The van der Waals surface area contributed by atoms with Crippen LogP contribution in [0.5, 0.6) is 0 Å². The third-order valence-corrected chi connectivity index (χ3v) is 9.75.